The molecule has 0 radical (unpaired) electrons. The summed E-state index contributed by atoms with van der Waals surface area (Å²) in [5.74, 6) is -0.127. The van der Waals surface area contributed by atoms with E-state index in [1.807, 2.05) is 42.3 Å². The molecule has 0 unspecified atom stereocenters. The number of ether oxygens (including phenoxy) is 3. The Hall–Kier alpha value is -5.97. The number of anilines is 2. The normalized spacial score (nSPS) is 12.4. The molecule has 1 amide bonds. The van der Waals surface area contributed by atoms with Crippen LogP contribution in [0.3, 0.4) is 0 Å². The first kappa shape index (κ1) is 32.4. The van der Waals surface area contributed by atoms with Gasteiger partial charge in [0.05, 0.1) is 18.8 Å². The average Bonchev–Trinajstić information content (AvgIpc) is 3.67. The monoisotopic (exact) mass is 638 g/mol. The molecule has 1 aliphatic heterocycles. The Labute approximate surface area is 271 Å². The number of benzene rings is 2. The van der Waals surface area contributed by atoms with Gasteiger partial charge in [-0.25, -0.2) is 19.6 Å². The number of hydrogen-bond donors (Lipinski definition) is 2. The van der Waals surface area contributed by atoms with Crippen LogP contribution in [0.5, 0.6) is 5.88 Å². The summed E-state index contributed by atoms with van der Waals surface area (Å²) in [5, 5.41) is 2.75. The van der Waals surface area contributed by atoms with Crippen molar-refractivity contribution in [2.75, 3.05) is 30.8 Å². The Morgan fingerprint density at radius 1 is 1.13 bits per heavy atom. The minimum atomic E-state index is -0.747. The molecule has 0 saturated carbocycles. The lowest BCUT2D eigenvalue weighted by molar-refractivity contribution is -0.149. The topological polar surface area (TPSA) is 172 Å². The summed E-state index contributed by atoms with van der Waals surface area (Å²) in [7, 11) is 1.85. The molecule has 14 nitrogen and oxygen atoms in total. The molecule has 2 aromatic heterocycles. The maximum Gasteiger partial charge on any atom is 0.407 e. The van der Waals surface area contributed by atoms with Gasteiger partial charge in [0.1, 0.15) is 30.0 Å². The van der Waals surface area contributed by atoms with Crippen LogP contribution in [0.2, 0.25) is 0 Å². The van der Waals surface area contributed by atoms with Crippen molar-refractivity contribution in [3.8, 4) is 5.88 Å². The molecule has 0 fully saturated rings. The standard InChI is InChI=1S/C33H34N8O6/c1-33(2,3)47-30(42)25(35-4)17-27-38-23-11-10-22(16-26(23)46-27)41(5)14-15-44-32(43)37-18-20-6-8-21(9-7-20)19-45-29-28-24(12-13-36-28)39-31(34)40-29/h6-11,13,16-17H,12,14-15,18-19H2,1-3,5H3,(H,37,43)(H2,34,39,40)/b25-17-. The van der Waals surface area contributed by atoms with Crippen LogP contribution in [0.15, 0.2) is 57.6 Å². The Kier molecular flexibility index (Phi) is 9.65. The van der Waals surface area contributed by atoms with Gasteiger partial charge in [-0.3, -0.25) is 9.79 Å². The van der Waals surface area contributed by atoms with Gasteiger partial charge >= 0.3 is 12.1 Å². The maximum atomic E-state index is 12.3. The summed E-state index contributed by atoms with van der Waals surface area (Å²) < 4.78 is 22.2. The number of nitrogens with two attached hydrogens (primary N) is 1. The summed E-state index contributed by atoms with van der Waals surface area (Å²) >= 11 is 0. The second-order valence-electron chi connectivity index (χ2n) is 11.6. The molecule has 14 heteroatoms. The number of esters is 1. The minimum Gasteiger partial charge on any atom is -0.471 e. The van der Waals surface area contributed by atoms with Crippen molar-refractivity contribution in [1.29, 1.82) is 0 Å². The first-order valence-electron chi connectivity index (χ1n) is 14.7. The summed E-state index contributed by atoms with van der Waals surface area (Å²) in [5.41, 5.74) is 9.81. The van der Waals surface area contributed by atoms with E-state index in [0.717, 1.165) is 22.5 Å². The van der Waals surface area contributed by atoms with Crippen LogP contribution in [0.25, 0.3) is 22.0 Å². The highest BCUT2D eigenvalue weighted by Gasteiger charge is 2.21. The van der Waals surface area contributed by atoms with Crippen molar-refractivity contribution in [1.82, 2.24) is 20.3 Å². The fourth-order valence-electron chi connectivity index (χ4n) is 4.44. The molecule has 0 spiro atoms. The Morgan fingerprint density at radius 2 is 1.89 bits per heavy atom. The second kappa shape index (κ2) is 14.0. The highest BCUT2D eigenvalue weighted by atomic mass is 16.6. The summed E-state index contributed by atoms with van der Waals surface area (Å²) in [6.07, 6.45) is 3.08. The van der Waals surface area contributed by atoms with Crippen LogP contribution < -0.4 is 20.7 Å². The molecule has 3 N–H and O–H groups in total. The number of oxazole rings is 1. The van der Waals surface area contributed by atoms with Gasteiger partial charge in [-0.05, 0) is 44.0 Å². The Morgan fingerprint density at radius 3 is 2.64 bits per heavy atom. The van der Waals surface area contributed by atoms with Gasteiger partial charge in [0.2, 0.25) is 17.7 Å². The fourth-order valence-corrected chi connectivity index (χ4v) is 4.44. The Bertz CT molecular complexity index is 1890. The number of hydrogen-bond acceptors (Lipinski definition) is 12. The van der Waals surface area contributed by atoms with Gasteiger partial charge < -0.3 is 34.6 Å². The van der Waals surface area contributed by atoms with Crippen molar-refractivity contribution in [2.24, 2.45) is 4.99 Å². The number of nitrogen functional groups attached to an aromatic ring is 1. The van der Waals surface area contributed by atoms with E-state index in [0.29, 0.717) is 42.2 Å². The number of nitrogens with zero attached hydrogens (tertiary/aromatic N) is 6. The lowest BCUT2D eigenvalue weighted by Crippen LogP contribution is -2.28. The van der Waals surface area contributed by atoms with E-state index in [4.69, 9.17) is 30.9 Å². The molecule has 3 heterocycles. The van der Waals surface area contributed by atoms with Crippen LogP contribution in [-0.4, -0.2) is 59.0 Å². The van der Waals surface area contributed by atoms with E-state index in [1.165, 1.54) is 6.08 Å². The zero-order chi connectivity index (χ0) is 33.6. The summed E-state index contributed by atoms with van der Waals surface area (Å²) in [6.45, 7) is 13.6. The van der Waals surface area contributed by atoms with Crippen LogP contribution in [0, 0.1) is 6.57 Å². The van der Waals surface area contributed by atoms with E-state index in [9.17, 15) is 9.59 Å². The summed E-state index contributed by atoms with van der Waals surface area (Å²) in [4.78, 5) is 46.7. The number of aliphatic imine (C=N–C) groups is 1. The van der Waals surface area contributed by atoms with Gasteiger partial charge in [-0.2, -0.15) is 4.98 Å². The first-order chi connectivity index (χ1) is 22.5. The molecule has 0 atom stereocenters. The number of likely N-dealkylation sites (N-methyl/N-ethyl adjacent to an activating group) is 1. The maximum absolute atomic E-state index is 12.3. The average molecular weight is 639 g/mol. The molecule has 0 bridgehead atoms. The summed E-state index contributed by atoms with van der Waals surface area (Å²) in [6, 6.07) is 13.0. The van der Waals surface area contributed by atoms with E-state index in [-0.39, 0.29) is 30.7 Å². The number of rotatable bonds is 11. The largest absolute Gasteiger partial charge is 0.471 e. The third-order valence-electron chi connectivity index (χ3n) is 6.76. The number of amides is 1. The number of alkyl carbamates (subject to hydrolysis) is 1. The molecule has 47 heavy (non-hydrogen) atoms. The molecular formula is C33H34N8O6. The van der Waals surface area contributed by atoms with Crippen molar-refractivity contribution < 1.29 is 28.2 Å². The molecule has 0 aliphatic carbocycles. The number of carbonyl (C=O) groups is 2. The molecule has 1 aliphatic rings. The highest BCUT2D eigenvalue weighted by molar-refractivity contribution is 5.95. The van der Waals surface area contributed by atoms with Gasteiger partial charge in [0.25, 0.3) is 5.70 Å². The number of fused-ring (bicyclic) bond motifs is 2. The van der Waals surface area contributed by atoms with Crippen LogP contribution in [-0.2, 0) is 33.8 Å². The minimum absolute atomic E-state index is 0.116. The number of carbonyl (C=O) groups excluding carboxylic acids is 2. The molecule has 4 aromatic rings. The molecular weight excluding hydrogens is 604 g/mol. The number of aromatic nitrogens is 3. The predicted molar refractivity (Wildman–Crippen MR) is 175 cm³/mol. The van der Waals surface area contributed by atoms with Crippen LogP contribution >= 0.6 is 0 Å². The lowest BCUT2D eigenvalue weighted by atomic mass is 10.1. The lowest BCUT2D eigenvalue weighted by Gasteiger charge is -2.19. The molecule has 242 valence electrons. The predicted octanol–water partition coefficient (Wildman–Crippen LogP) is 5.00. The first-order valence-corrected chi connectivity index (χ1v) is 14.7. The zero-order valence-corrected chi connectivity index (χ0v) is 26.4. The molecule has 0 saturated heterocycles. The van der Waals surface area contributed by atoms with E-state index in [2.05, 4.69) is 30.1 Å². The van der Waals surface area contributed by atoms with Crippen molar-refractivity contribution in [2.45, 2.75) is 45.9 Å². The van der Waals surface area contributed by atoms with E-state index >= 15 is 0 Å². The van der Waals surface area contributed by atoms with Gasteiger partial charge in [-0.1, -0.05) is 24.3 Å². The van der Waals surface area contributed by atoms with Crippen molar-refractivity contribution in [3.63, 3.8) is 0 Å². The van der Waals surface area contributed by atoms with Gasteiger partial charge in [0.15, 0.2) is 5.58 Å². The number of nitrogens with one attached hydrogen (secondary N) is 1. The zero-order valence-electron chi connectivity index (χ0n) is 26.4. The van der Waals surface area contributed by atoms with E-state index < -0.39 is 17.7 Å². The van der Waals surface area contributed by atoms with Crippen molar-refractivity contribution >= 4 is 52.8 Å². The SMILES string of the molecule is [C-]#[N+]/C(=C\c1nc2ccc(N(C)CCOC(=O)NCc3ccc(COc4nc(N)nc5c4N=CC5)cc3)cc2o1)C(=O)OC(C)(C)C. The van der Waals surface area contributed by atoms with Crippen LogP contribution in [0.1, 0.15) is 43.5 Å². The molecule has 2 aromatic carbocycles. The van der Waals surface area contributed by atoms with Gasteiger partial charge in [0, 0.05) is 44.1 Å². The van der Waals surface area contributed by atoms with E-state index in [1.54, 1.807) is 39.1 Å². The van der Waals surface area contributed by atoms with Gasteiger partial charge in [-0.15, -0.1) is 0 Å². The fraction of sp³-hybridized carbons (Fsp3) is 0.303. The third-order valence-corrected chi connectivity index (χ3v) is 6.76. The quantitative estimate of drug-likeness (QED) is 0.129. The Balaban J connectivity index is 1.06. The third kappa shape index (κ3) is 8.60. The second-order valence-corrected chi connectivity index (χ2v) is 11.6. The molecule has 5 rings (SSSR count). The van der Waals surface area contributed by atoms with Crippen molar-refractivity contribution in [3.05, 3.63) is 82.3 Å². The smallest absolute Gasteiger partial charge is 0.407 e. The van der Waals surface area contributed by atoms with Crippen LogP contribution in [0.4, 0.5) is 22.1 Å². The highest BCUT2D eigenvalue weighted by Crippen LogP contribution is 2.33.